The monoisotopic (exact) mass is 503 g/mol. The molecule has 3 rings (SSSR count). The van der Waals surface area contributed by atoms with E-state index in [0.29, 0.717) is 24.1 Å². The van der Waals surface area contributed by atoms with Crippen LogP contribution in [0.25, 0.3) is 0 Å². The van der Waals surface area contributed by atoms with Crippen molar-refractivity contribution in [3.8, 4) is 11.5 Å². The van der Waals surface area contributed by atoms with E-state index < -0.39 is 0 Å². The number of rotatable bonds is 11. The summed E-state index contributed by atoms with van der Waals surface area (Å²) >= 11 is 3.65. The first-order chi connectivity index (χ1) is 15.5. The third-order valence-corrected chi connectivity index (χ3v) is 6.45. The van der Waals surface area contributed by atoms with E-state index in [4.69, 9.17) is 9.47 Å². The van der Waals surface area contributed by atoms with Gasteiger partial charge in [0, 0.05) is 29.3 Å². The number of carbonyl (C=O) groups is 1. The van der Waals surface area contributed by atoms with Crippen LogP contribution < -0.4 is 20.1 Å². The molecule has 1 fully saturated rings. The van der Waals surface area contributed by atoms with Crippen LogP contribution in [0.3, 0.4) is 0 Å². The average Bonchev–Trinajstić information content (AvgIpc) is 3.24. The molecule has 1 aliphatic heterocycles. The summed E-state index contributed by atoms with van der Waals surface area (Å²) in [4.78, 5) is 14.8. The first-order valence-electron chi connectivity index (χ1n) is 11.4. The fourth-order valence-electron chi connectivity index (χ4n) is 3.99. The predicted octanol–water partition coefficient (Wildman–Crippen LogP) is 4.75. The van der Waals surface area contributed by atoms with Crippen molar-refractivity contribution in [2.75, 3.05) is 38.2 Å². The number of halogens is 1. The number of hydrogen-bond acceptors (Lipinski definition) is 5. The number of nitrogens with zero attached hydrogens (tertiary/aromatic N) is 1. The van der Waals surface area contributed by atoms with Crippen LogP contribution in [0.5, 0.6) is 11.5 Å². The lowest BCUT2D eigenvalue weighted by atomic mass is 10.1. The zero-order valence-corrected chi connectivity index (χ0v) is 20.8. The SMILES string of the molecule is CCOc1cc(CNCC2CCCN2CC)c(Br)cc1OCC(=O)Nc1ccc(C)cc1. The van der Waals surface area contributed by atoms with Gasteiger partial charge in [0.1, 0.15) is 0 Å². The number of ether oxygens (including phenoxy) is 2. The Morgan fingerprint density at radius 2 is 1.91 bits per heavy atom. The second-order valence-corrected chi connectivity index (χ2v) is 8.94. The lowest BCUT2D eigenvalue weighted by molar-refractivity contribution is -0.118. The number of benzene rings is 2. The van der Waals surface area contributed by atoms with Gasteiger partial charge < -0.3 is 20.1 Å². The summed E-state index contributed by atoms with van der Waals surface area (Å²) < 4.78 is 12.5. The van der Waals surface area contributed by atoms with Crippen LogP contribution in [0.4, 0.5) is 5.69 Å². The van der Waals surface area contributed by atoms with Gasteiger partial charge in [-0.25, -0.2) is 0 Å². The Hall–Kier alpha value is -2.09. The molecule has 2 aromatic carbocycles. The molecule has 2 N–H and O–H groups in total. The van der Waals surface area contributed by atoms with Crippen LogP contribution in [-0.4, -0.2) is 49.7 Å². The van der Waals surface area contributed by atoms with Crippen molar-refractivity contribution in [3.63, 3.8) is 0 Å². The summed E-state index contributed by atoms with van der Waals surface area (Å²) in [5.74, 6) is 0.983. The maximum atomic E-state index is 12.3. The average molecular weight is 504 g/mol. The van der Waals surface area contributed by atoms with Crippen molar-refractivity contribution >= 4 is 27.5 Å². The molecule has 0 saturated carbocycles. The van der Waals surface area contributed by atoms with E-state index in [9.17, 15) is 4.79 Å². The molecule has 0 bridgehead atoms. The Morgan fingerprint density at radius 1 is 1.16 bits per heavy atom. The van der Waals surface area contributed by atoms with Crippen molar-refractivity contribution < 1.29 is 14.3 Å². The minimum atomic E-state index is -0.213. The van der Waals surface area contributed by atoms with Crippen molar-refractivity contribution in [3.05, 3.63) is 52.0 Å². The van der Waals surface area contributed by atoms with E-state index in [-0.39, 0.29) is 12.5 Å². The molecule has 0 radical (unpaired) electrons. The van der Waals surface area contributed by atoms with Crippen molar-refractivity contribution in [2.24, 2.45) is 0 Å². The normalized spacial score (nSPS) is 16.2. The molecule has 32 heavy (non-hydrogen) atoms. The molecule has 1 unspecified atom stereocenters. The molecule has 7 heteroatoms. The van der Waals surface area contributed by atoms with Crippen molar-refractivity contribution in [2.45, 2.75) is 46.2 Å². The van der Waals surface area contributed by atoms with Gasteiger partial charge in [-0.2, -0.15) is 0 Å². The van der Waals surface area contributed by atoms with E-state index in [1.807, 2.05) is 50.2 Å². The Balaban J connectivity index is 1.57. The third kappa shape index (κ3) is 6.95. The second-order valence-electron chi connectivity index (χ2n) is 8.08. The van der Waals surface area contributed by atoms with Gasteiger partial charge in [0.15, 0.2) is 18.1 Å². The summed E-state index contributed by atoms with van der Waals surface area (Å²) in [6.45, 7) is 10.6. The fraction of sp³-hybridized carbons (Fsp3) is 0.480. The van der Waals surface area contributed by atoms with Crippen molar-refractivity contribution in [1.82, 2.24) is 10.2 Å². The number of hydrogen-bond donors (Lipinski definition) is 2. The summed E-state index contributed by atoms with van der Waals surface area (Å²) in [7, 11) is 0. The largest absolute Gasteiger partial charge is 0.490 e. The minimum Gasteiger partial charge on any atom is -0.490 e. The van der Waals surface area contributed by atoms with Crippen LogP contribution in [-0.2, 0) is 11.3 Å². The highest BCUT2D eigenvalue weighted by molar-refractivity contribution is 9.10. The summed E-state index contributed by atoms with van der Waals surface area (Å²) in [5, 5.41) is 6.44. The number of carbonyl (C=O) groups excluding carboxylic acids is 1. The Bertz CT molecular complexity index is 889. The molecular weight excluding hydrogens is 470 g/mol. The summed E-state index contributed by atoms with van der Waals surface area (Å²) in [6.07, 6.45) is 2.53. The Labute approximate surface area is 199 Å². The van der Waals surface area contributed by atoms with Gasteiger partial charge in [-0.1, -0.05) is 40.5 Å². The molecule has 0 aromatic heterocycles. The lowest BCUT2D eigenvalue weighted by Gasteiger charge is -2.23. The van der Waals surface area contributed by atoms with Gasteiger partial charge in [0.25, 0.3) is 5.91 Å². The highest BCUT2D eigenvalue weighted by Gasteiger charge is 2.22. The van der Waals surface area contributed by atoms with Crippen LogP contribution in [0.1, 0.15) is 37.8 Å². The topological polar surface area (TPSA) is 62.8 Å². The van der Waals surface area contributed by atoms with Gasteiger partial charge in [-0.15, -0.1) is 0 Å². The second kappa shape index (κ2) is 12.2. The number of anilines is 1. The Morgan fingerprint density at radius 3 is 2.62 bits per heavy atom. The predicted molar refractivity (Wildman–Crippen MR) is 133 cm³/mol. The molecule has 1 amide bonds. The molecular formula is C25H34BrN3O3. The lowest BCUT2D eigenvalue weighted by Crippen LogP contribution is -2.37. The molecule has 1 aliphatic rings. The van der Waals surface area contributed by atoms with E-state index in [2.05, 4.69) is 38.4 Å². The number of likely N-dealkylation sites (N-methyl/N-ethyl adjacent to an activating group) is 1. The zero-order chi connectivity index (χ0) is 22.9. The highest BCUT2D eigenvalue weighted by Crippen LogP contribution is 2.34. The first kappa shape index (κ1) is 24.6. The number of aryl methyl sites for hydroxylation is 1. The maximum absolute atomic E-state index is 12.3. The molecule has 0 aliphatic carbocycles. The molecule has 6 nitrogen and oxygen atoms in total. The minimum absolute atomic E-state index is 0.0908. The quantitative estimate of drug-likeness (QED) is 0.463. The summed E-state index contributed by atoms with van der Waals surface area (Å²) in [6, 6.07) is 12.2. The molecule has 1 saturated heterocycles. The first-order valence-corrected chi connectivity index (χ1v) is 12.2. The zero-order valence-electron chi connectivity index (χ0n) is 19.2. The molecule has 0 spiro atoms. The third-order valence-electron chi connectivity index (χ3n) is 5.71. The van der Waals surface area contributed by atoms with Crippen LogP contribution in [0.2, 0.25) is 0 Å². The van der Waals surface area contributed by atoms with E-state index in [1.165, 1.54) is 19.4 Å². The maximum Gasteiger partial charge on any atom is 0.262 e. The smallest absolute Gasteiger partial charge is 0.262 e. The van der Waals surface area contributed by atoms with Crippen molar-refractivity contribution in [1.29, 1.82) is 0 Å². The fourth-order valence-corrected chi connectivity index (χ4v) is 4.45. The summed E-state index contributed by atoms with van der Waals surface area (Å²) in [5.41, 5.74) is 3.00. The molecule has 2 aromatic rings. The number of amides is 1. The van der Waals surface area contributed by atoms with E-state index in [0.717, 1.165) is 40.9 Å². The highest BCUT2D eigenvalue weighted by atomic mass is 79.9. The van der Waals surface area contributed by atoms with Crippen LogP contribution in [0, 0.1) is 6.92 Å². The molecule has 174 valence electrons. The van der Waals surface area contributed by atoms with Gasteiger partial charge >= 0.3 is 0 Å². The number of nitrogens with one attached hydrogen (secondary N) is 2. The molecule has 1 heterocycles. The van der Waals surface area contributed by atoms with E-state index in [1.54, 1.807) is 0 Å². The Kier molecular flexibility index (Phi) is 9.38. The van der Waals surface area contributed by atoms with Gasteiger partial charge in [0.2, 0.25) is 0 Å². The van der Waals surface area contributed by atoms with Gasteiger partial charge in [0.05, 0.1) is 6.61 Å². The standard InChI is InChI=1S/C25H34BrN3O3/c1-4-29-12-6-7-21(29)16-27-15-19-13-23(31-5-2)24(14-22(19)26)32-17-25(30)28-20-10-8-18(3)9-11-20/h8-11,13-14,21,27H,4-7,12,15-17H2,1-3H3,(H,28,30). The van der Waals surface area contributed by atoms with Gasteiger partial charge in [-0.05, 0) is 69.6 Å². The van der Waals surface area contributed by atoms with Gasteiger partial charge in [-0.3, -0.25) is 9.69 Å². The van der Waals surface area contributed by atoms with E-state index >= 15 is 0 Å². The number of likely N-dealkylation sites (tertiary alicyclic amines) is 1. The molecule has 1 atom stereocenters. The van der Waals surface area contributed by atoms with Crippen LogP contribution >= 0.6 is 15.9 Å². The van der Waals surface area contributed by atoms with Crippen LogP contribution in [0.15, 0.2) is 40.9 Å².